The van der Waals surface area contributed by atoms with Crippen LogP contribution in [0.5, 0.6) is 5.75 Å². The third kappa shape index (κ3) is 6.08. The number of hydrogen-bond donors (Lipinski definition) is 1. The molecule has 1 aromatic rings. The quantitative estimate of drug-likeness (QED) is 0.345. The predicted octanol–water partition coefficient (Wildman–Crippen LogP) is 2.67. The highest BCUT2D eigenvalue weighted by molar-refractivity contribution is 6.38. The Balaban J connectivity index is 2.71. The fourth-order valence-electron chi connectivity index (χ4n) is 1.69. The van der Waals surface area contributed by atoms with Gasteiger partial charge in [0.1, 0.15) is 5.75 Å². The minimum absolute atomic E-state index is 0.104. The zero-order chi connectivity index (χ0) is 17.2. The van der Waals surface area contributed by atoms with Gasteiger partial charge in [0.05, 0.1) is 19.8 Å². The molecule has 0 aliphatic heterocycles. The molecule has 1 unspecified atom stereocenters. The summed E-state index contributed by atoms with van der Waals surface area (Å²) >= 11 is 0. The topological polar surface area (TPSA) is 72.8 Å². The van der Waals surface area contributed by atoms with Crippen LogP contribution in [0.3, 0.4) is 0 Å². The van der Waals surface area contributed by atoms with Crippen molar-refractivity contribution in [1.82, 2.24) is 0 Å². The molecule has 1 atom stereocenters. The van der Waals surface area contributed by atoms with Crippen molar-refractivity contribution in [1.29, 1.82) is 0 Å². The van der Waals surface area contributed by atoms with Gasteiger partial charge >= 0.3 is 5.97 Å². The molecule has 0 fully saturated rings. The number of carbonyl (C=O) groups is 2. The molecule has 1 N–H and O–H groups in total. The summed E-state index contributed by atoms with van der Waals surface area (Å²) in [5, 5.41) is 9.30. The number of rotatable bonds is 8. The van der Waals surface area contributed by atoms with Crippen LogP contribution in [0, 0.1) is 0 Å². The first-order valence-corrected chi connectivity index (χ1v) is 7.39. The van der Waals surface area contributed by atoms with Gasteiger partial charge in [-0.15, -0.1) is 0 Å². The lowest BCUT2D eigenvalue weighted by Crippen LogP contribution is -2.20. The molecule has 0 aliphatic rings. The van der Waals surface area contributed by atoms with Crippen molar-refractivity contribution in [2.75, 3.05) is 7.11 Å². The van der Waals surface area contributed by atoms with Crippen LogP contribution in [0.15, 0.2) is 36.4 Å². The van der Waals surface area contributed by atoms with E-state index in [4.69, 9.17) is 9.47 Å². The molecule has 0 amide bonds. The number of ketones is 1. The van der Waals surface area contributed by atoms with E-state index in [-0.39, 0.29) is 12.7 Å². The van der Waals surface area contributed by atoms with Crippen LogP contribution in [-0.4, -0.2) is 30.1 Å². The largest absolute Gasteiger partial charge is 0.497 e. The summed E-state index contributed by atoms with van der Waals surface area (Å²) in [4.78, 5) is 23.0. The lowest BCUT2D eigenvalue weighted by atomic mass is 10.1. The van der Waals surface area contributed by atoms with Crippen LogP contribution >= 0.6 is 0 Å². The van der Waals surface area contributed by atoms with Crippen LogP contribution < -0.4 is 4.74 Å². The number of esters is 1. The van der Waals surface area contributed by atoms with Gasteiger partial charge in [0, 0.05) is 0 Å². The summed E-state index contributed by atoms with van der Waals surface area (Å²) in [6, 6.07) is 5.29. The van der Waals surface area contributed by atoms with Crippen LogP contribution in [0.4, 0.5) is 0 Å². The lowest BCUT2D eigenvalue weighted by molar-refractivity contribution is -0.155. The van der Waals surface area contributed by atoms with Crippen LogP contribution in [-0.2, 0) is 20.9 Å². The minimum Gasteiger partial charge on any atom is -0.497 e. The Labute approximate surface area is 136 Å². The molecule has 1 rings (SSSR count). The highest BCUT2D eigenvalue weighted by atomic mass is 16.5. The number of methoxy groups -OCH3 is 1. The van der Waals surface area contributed by atoms with Crippen molar-refractivity contribution in [3.05, 3.63) is 47.6 Å². The molecule has 0 saturated heterocycles. The molecule has 124 valence electrons. The number of allylic oxidation sites excluding steroid dienone is 2. The smallest absolute Gasteiger partial charge is 0.379 e. The molecule has 0 spiro atoms. The van der Waals surface area contributed by atoms with E-state index < -0.39 is 11.8 Å². The molecule has 0 saturated carbocycles. The maximum absolute atomic E-state index is 11.6. The van der Waals surface area contributed by atoms with Crippen molar-refractivity contribution < 1.29 is 24.2 Å². The number of aliphatic hydroxyl groups excluding tert-OH is 1. The number of carbonyl (C=O) groups excluding carboxylic acids is 2. The molecule has 0 bridgehead atoms. The summed E-state index contributed by atoms with van der Waals surface area (Å²) in [5.74, 6) is -0.900. The van der Waals surface area contributed by atoms with Gasteiger partial charge in [-0.3, -0.25) is 4.79 Å². The Morgan fingerprint density at radius 2 is 2.04 bits per heavy atom. The maximum atomic E-state index is 11.6. The van der Waals surface area contributed by atoms with E-state index in [0.717, 1.165) is 17.2 Å². The summed E-state index contributed by atoms with van der Waals surface area (Å²) < 4.78 is 10.1. The molecule has 23 heavy (non-hydrogen) atoms. The second-order valence-corrected chi connectivity index (χ2v) is 4.93. The highest BCUT2D eigenvalue weighted by Gasteiger charge is 2.14. The Bertz CT molecular complexity index is 601. The Morgan fingerprint density at radius 3 is 2.65 bits per heavy atom. The first kappa shape index (κ1) is 18.6. The first-order chi connectivity index (χ1) is 11.0. The fraction of sp³-hybridized carbons (Fsp3) is 0.333. The van der Waals surface area contributed by atoms with E-state index in [0.29, 0.717) is 12.2 Å². The van der Waals surface area contributed by atoms with Gasteiger partial charge in [0.25, 0.3) is 5.78 Å². The SMILES string of the molecule is CCC(C)OC(=O)C(=O)/C=C/C=C/c1cc(OC)ccc1CO. The van der Waals surface area contributed by atoms with Crippen molar-refractivity contribution in [2.45, 2.75) is 33.0 Å². The van der Waals surface area contributed by atoms with E-state index in [1.54, 1.807) is 44.4 Å². The molecule has 0 radical (unpaired) electrons. The van der Waals surface area contributed by atoms with Crippen LogP contribution in [0.2, 0.25) is 0 Å². The number of ether oxygens (including phenoxy) is 2. The lowest BCUT2D eigenvalue weighted by Gasteiger charge is -2.08. The minimum atomic E-state index is -0.860. The van der Waals surface area contributed by atoms with Gasteiger partial charge in [-0.25, -0.2) is 4.79 Å². The standard InChI is InChI=1S/C18H22O5/c1-4-13(2)23-18(21)17(20)8-6-5-7-14-11-16(22-3)10-9-15(14)12-19/h5-11,13,19H,4,12H2,1-3H3/b7-5+,8-6+. The number of hydrogen-bond acceptors (Lipinski definition) is 5. The van der Waals surface area contributed by atoms with E-state index >= 15 is 0 Å². The van der Waals surface area contributed by atoms with Crippen LogP contribution in [0.1, 0.15) is 31.4 Å². The summed E-state index contributed by atoms with van der Waals surface area (Å²) in [6.07, 6.45) is 6.32. The van der Waals surface area contributed by atoms with E-state index in [2.05, 4.69) is 0 Å². The Kier molecular flexibility index (Phi) is 7.77. The number of aliphatic hydroxyl groups is 1. The number of benzene rings is 1. The fourth-order valence-corrected chi connectivity index (χ4v) is 1.69. The average Bonchev–Trinajstić information content (AvgIpc) is 2.57. The molecular formula is C18H22O5. The zero-order valence-corrected chi connectivity index (χ0v) is 13.6. The third-order valence-corrected chi connectivity index (χ3v) is 3.24. The average molecular weight is 318 g/mol. The second-order valence-electron chi connectivity index (χ2n) is 4.93. The van der Waals surface area contributed by atoms with Gasteiger partial charge in [0.2, 0.25) is 0 Å². The summed E-state index contributed by atoms with van der Waals surface area (Å²) in [7, 11) is 1.56. The van der Waals surface area contributed by atoms with Crippen molar-refractivity contribution in [3.8, 4) is 5.75 Å². The summed E-state index contributed by atoms with van der Waals surface area (Å²) in [5.41, 5.74) is 1.50. The predicted molar refractivity (Wildman–Crippen MR) is 87.9 cm³/mol. The van der Waals surface area contributed by atoms with Crippen molar-refractivity contribution in [3.63, 3.8) is 0 Å². The van der Waals surface area contributed by atoms with Crippen molar-refractivity contribution >= 4 is 17.8 Å². The highest BCUT2D eigenvalue weighted by Crippen LogP contribution is 2.19. The van der Waals surface area contributed by atoms with Gasteiger partial charge in [-0.1, -0.05) is 31.2 Å². The second kappa shape index (κ2) is 9.58. The molecular weight excluding hydrogens is 296 g/mol. The molecule has 5 heteroatoms. The molecule has 1 aromatic carbocycles. The van der Waals surface area contributed by atoms with Gasteiger partial charge < -0.3 is 14.6 Å². The van der Waals surface area contributed by atoms with Gasteiger partial charge in [0.15, 0.2) is 0 Å². The van der Waals surface area contributed by atoms with E-state index in [9.17, 15) is 14.7 Å². The monoisotopic (exact) mass is 318 g/mol. The molecule has 5 nitrogen and oxygen atoms in total. The van der Waals surface area contributed by atoms with Crippen LogP contribution in [0.25, 0.3) is 6.08 Å². The van der Waals surface area contributed by atoms with Gasteiger partial charge in [-0.05, 0) is 42.7 Å². The molecule has 0 aliphatic carbocycles. The van der Waals surface area contributed by atoms with E-state index in [1.807, 2.05) is 6.92 Å². The van der Waals surface area contributed by atoms with Crippen molar-refractivity contribution in [2.24, 2.45) is 0 Å². The van der Waals surface area contributed by atoms with E-state index in [1.165, 1.54) is 6.08 Å². The third-order valence-electron chi connectivity index (χ3n) is 3.24. The Hall–Kier alpha value is -2.40. The Morgan fingerprint density at radius 1 is 1.30 bits per heavy atom. The molecule has 0 aromatic heterocycles. The molecule has 0 heterocycles. The maximum Gasteiger partial charge on any atom is 0.379 e. The first-order valence-electron chi connectivity index (χ1n) is 7.39. The van der Waals surface area contributed by atoms with Gasteiger partial charge in [-0.2, -0.15) is 0 Å². The zero-order valence-electron chi connectivity index (χ0n) is 13.6. The normalized spacial score (nSPS) is 12.5. The summed E-state index contributed by atoms with van der Waals surface area (Å²) in [6.45, 7) is 3.50.